The molecule has 1 saturated heterocycles. The lowest BCUT2D eigenvalue weighted by Gasteiger charge is -2.35. The van der Waals surface area contributed by atoms with E-state index in [1.165, 1.54) is 0 Å². The van der Waals surface area contributed by atoms with Crippen molar-refractivity contribution in [2.75, 3.05) is 37.9 Å². The van der Waals surface area contributed by atoms with Crippen LogP contribution in [0.2, 0.25) is 0 Å². The van der Waals surface area contributed by atoms with Gasteiger partial charge in [0.05, 0.1) is 0 Å². The Morgan fingerprint density at radius 1 is 1.31 bits per heavy atom. The van der Waals surface area contributed by atoms with Crippen LogP contribution in [-0.4, -0.2) is 48.9 Å². The van der Waals surface area contributed by atoms with E-state index in [-0.39, 0.29) is 12.4 Å². The zero-order valence-corrected chi connectivity index (χ0v) is 9.97. The Labute approximate surface area is 96.4 Å². The van der Waals surface area contributed by atoms with Crippen LogP contribution < -0.4 is 5.32 Å². The van der Waals surface area contributed by atoms with Crippen LogP contribution in [0.1, 0.15) is 6.42 Å². The highest BCUT2D eigenvalue weighted by molar-refractivity contribution is 6.18. The molecule has 13 heavy (non-hydrogen) atoms. The molecule has 5 heteroatoms. The largest absolute Gasteiger partial charge is 0.314 e. The Morgan fingerprint density at radius 2 is 2.08 bits per heavy atom. The van der Waals surface area contributed by atoms with Gasteiger partial charge in [0.25, 0.3) is 0 Å². The summed E-state index contributed by atoms with van der Waals surface area (Å²) in [5.74, 6) is 1.46. The molecule has 0 bridgehead atoms. The Hall–Kier alpha value is 0.790. The van der Waals surface area contributed by atoms with Crippen LogP contribution in [0.3, 0.4) is 0 Å². The van der Waals surface area contributed by atoms with Gasteiger partial charge in [0, 0.05) is 44.0 Å². The molecule has 0 amide bonds. The Kier molecular flexibility index (Phi) is 8.62. The van der Waals surface area contributed by atoms with Gasteiger partial charge in [-0.2, -0.15) is 0 Å². The molecule has 1 aliphatic heterocycles. The highest BCUT2D eigenvalue weighted by Crippen LogP contribution is 2.07. The van der Waals surface area contributed by atoms with Crippen LogP contribution in [-0.2, 0) is 0 Å². The number of hydrogen-bond donors (Lipinski definition) is 1. The molecule has 0 radical (unpaired) electrons. The summed E-state index contributed by atoms with van der Waals surface area (Å²) >= 11 is 11.4. The number of nitrogens with one attached hydrogen (secondary N) is 1. The molecule has 0 saturated carbocycles. The zero-order chi connectivity index (χ0) is 8.81. The number of halogens is 3. The molecular weight excluding hydrogens is 230 g/mol. The van der Waals surface area contributed by atoms with E-state index in [1.54, 1.807) is 0 Å². The first-order valence-electron chi connectivity index (χ1n) is 4.45. The first-order valence-corrected chi connectivity index (χ1v) is 5.52. The molecule has 1 atom stereocenters. The van der Waals surface area contributed by atoms with E-state index < -0.39 is 0 Å². The van der Waals surface area contributed by atoms with Crippen molar-refractivity contribution in [2.24, 2.45) is 0 Å². The van der Waals surface area contributed by atoms with Gasteiger partial charge in [-0.1, -0.05) is 0 Å². The van der Waals surface area contributed by atoms with E-state index in [0.29, 0.717) is 6.04 Å². The molecule has 0 spiro atoms. The van der Waals surface area contributed by atoms with E-state index in [0.717, 1.165) is 44.4 Å². The molecule has 0 aromatic rings. The van der Waals surface area contributed by atoms with Crippen molar-refractivity contribution >= 4 is 35.6 Å². The summed E-state index contributed by atoms with van der Waals surface area (Å²) < 4.78 is 0. The normalized spacial score (nSPS) is 24.0. The third-order valence-corrected chi connectivity index (χ3v) is 2.67. The summed E-state index contributed by atoms with van der Waals surface area (Å²) in [5.41, 5.74) is 0. The summed E-state index contributed by atoms with van der Waals surface area (Å²) in [5, 5.41) is 3.36. The summed E-state index contributed by atoms with van der Waals surface area (Å²) in [7, 11) is 0. The van der Waals surface area contributed by atoms with Crippen LogP contribution in [0.4, 0.5) is 0 Å². The molecule has 1 unspecified atom stereocenters. The first-order chi connectivity index (χ1) is 5.88. The lowest BCUT2D eigenvalue weighted by molar-refractivity contribution is 0.167. The second-order valence-electron chi connectivity index (χ2n) is 3.06. The molecule has 2 nitrogen and oxygen atoms in total. The van der Waals surface area contributed by atoms with Gasteiger partial charge in [-0.3, -0.25) is 4.90 Å². The van der Waals surface area contributed by atoms with Crippen molar-refractivity contribution in [1.82, 2.24) is 10.2 Å². The summed E-state index contributed by atoms with van der Waals surface area (Å²) in [4.78, 5) is 2.42. The topological polar surface area (TPSA) is 15.3 Å². The van der Waals surface area contributed by atoms with Crippen molar-refractivity contribution < 1.29 is 0 Å². The predicted octanol–water partition coefficient (Wildman–Crippen LogP) is 1.55. The van der Waals surface area contributed by atoms with Gasteiger partial charge in [0.15, 0.2) is 0 Å². The maximum absolute atomic E-state index is 5.71. The van der Waals surface area contributed by atoms with Gasteiger partial charge in [0.1, 0.15) is 0 Å². The second-order valence-corrected chi connectivity index (χ2v) is 3.82. The SMILES string of the molecule is Cl.ClCCC1CNCCN1CCCl. The van der Waals surface area contributed by atoms with Crippen LogP contribution in [0.5, 0.6) is 0 Å². The van der Waals surface area contributed by atoms with E-state index in [2.05, 4.69) is 10.2 Å². The molecule has 80 valence electrons. The Bertz CT molecular complexity index is 106. The average Bonchev–Trinajstić information content (AvgIpc) is 2.09. The number of rotatable bonds is 4. The van der Waals surface area contributed by atoms with Gasteiger partial charge in [0.2, 0.25) is 0 Å². The third kappa shape index (κ3) is 4.71. The van der Waals surface area contributed by atoms with Gasteiger partial charge in [-0.05, 0) is 6.42 Å². The summed E-state index contributed by atoms with van der Waals surface area (Å²) in [6.45, 7) is 4.23. The highest BCUT2D eigenvalue weighted by Gasteiger charge is 2.20. The molecule has 0 aliphatic carbocycles. The lowest BCUT2D eigenvalue weighted by Crippen LogP contribution is -2.51. The van der Waals surface area contributed by atoms with E-state index in [1.807, 2.05) is 0 Å². The fraction of sp³-hybridized carbons (Fsp3) is 1.00. The Morgan fingerprint density at radius 3 is 2.69 bits per heavy atom. The fourth-order valence-corrected chi connectivity index (χ4v) is 2.09. The number of hydrogen-bond acceptors (Lipinski definition) is 2. The van der Waals surface area contributed by atoms with Gasteiger partial charge >= 0.3 is 0 Å². The van der Waals surface area contributed by atoms with Crippen LogP contribution in [0, 0.1) is 0 Å². The second kappa shape index (κ2) is 8.13. The quantitative estimate of drug-likeness (QED) is 0.759. The minimum absolute atomic E-state index is 0. The lowest BCUT2D eigenvalue weighted by atomic mass is 10.1. The van der Waals surface area contributed by atoms with Crippen LogP contribution in [0.15, 0.2) is 0 Å². The number of piperazine rings is 1. The van der Waals surface area contributed by atoms with Crippen molar-refractivity contribution in [3.05, 3.63) is 0 Å². The zero-order valence-electron chi connectivity index (χ0n) is 7.64. The molecule has 0 aromatic carbocycles. The summed E-state index contributed by atoms with van der Waals surface area (Å²) in [6.07, 6.45) is 1.06. The van der Waals surface area contributed by atoms with E-state index in [4.69, 9.17) is 23.2 Å². The van der Waals surface area contributed by atoms with Crippen molar-refractivity contribution in [1.29, 1.82) is 0 Å². The van der Waals surface area contributed by atoms with Gasteiger partial charge < -0.3 is 5.32 Å². The van der Waals surface area contributed by atoms with Crippen molar-refractivity contribution in [3.8, 4) is 0 Å². The van der Waals surface area contributed by atoms with Gasteiger partial charge in [-0.25, -0.2) is 0 Å². The smallest absolute Gasteiger partial charge is 0.0351 e. The maximum Gasteiger partial charge on any atom is 0.0351 e. The fourth-order valence-electron chi connectivity index (χ4n) is 1.62. The van der Waals surface area contributed by atoms with Gasteiger partial charge in [-0.15, -0.1) is 35.6 Å². The molecule has 1 N–H and O–H groups in total. The van der Waals surface area contributed by atoms with Crippen LogP contribution in [0.25, 0.3) is 0 Å². The van der Waals surface area contributed by atoms with Crippen LogP contribution >= 0.6 is 35.6 Å². The molecule has 1 rings (SSSR count). The highest BCUT2D eigenvalue weighted by atomic mass is 35.5. The summed E-state index contributed by atoms with van der Waals surface area (Å²) in [6, 6.07) is 0.593. The molecule has 1 heterocycles. The molecule has 0 aromatic heterocycles. The maximum atomic E-state index is 5.71. The number of nitrogens with zero attached hydrogens (tertiary/aromatic N) is 1. The molecule has 1 fully saturated rings. The molecular formula is C8H17Cl3N2. The minimum atomic E-state index is 0. The average molecular weight is 248 g/mol. The number of alkyl halides is 2. The monoisotopic (exact) mass is 246 g/mol. The minimum Gasteiger partial charge on any atom is -0.314 e. The Balaban J connectivity index is 0.00000144. The van der Waals surface area contributed by atoms with Crippen molar-refractivity contribution in [2.45, 2.75) is 12.5 Å². The van der Waals surface area contributed by atoms with Crippen molar-refractivity contribution in [3.63, 3.8) is 0 Å². The van der Waals surface area contributed by atoms with E-state index >= 15 is 0 Å². The standard InChI is InChI=1S/C8H16Cl2N2.ClH/c9-2-1-8-7-11-4-6-12(8)5-3-10;/h8,11H,1-7H2;1H. The predicted molar refractivity (Wildman–Crippen MR) is 61.5 cm³/mol. The molecule has 1 aliphatic rings. The van der Waals surface area contributed by atoms with E-state index in [9.17, 15) is 0 Å². The first kappa shape index (κ1) is 13.8. The third-order valence-electron chi connectivity index (χ3n) is 2.29.